The molecule has 1 saturated heterocycles. The molecule has 0 amide bonds. The molecular weight excluding hydrogens is 274 g/mol. The first-order chi connectivity index (χ1) is 10.7. The highest BCUT2D eigenvalue weighted by atomic mass is 16.5. The van der Waals surface area contributed by atoms with Crippen LogP contribution in [0.2, 0.25) is 0 Å². The van der Waals surface area contributed by atoms with Crippen molar-refractivity contribution in [2.24, 2.45) is 0 Å². The maximum Gasteiger partial charge on any atom is 0.133 e. The summed E-state index contributed by atoms with van der Waals surface area (Å²) in [6.45, 7) is 3.77. The van der Waals surface area contributed by atoms with E-state index in [1.165, 1.54) is 0 Å². The highest BCUT2D eigenvalue weighted by Gasteiger charge is 2.53. The van der Waals surface area contributed by atoms with Gasteiger partial charge in [0.05, 0.1) is 0 Å². The lowest BCUT2D eigenvalue weighted by Gasteiger charge is -2.47. The first-order valence-corrected chi connectivity index (χ1v) is 7.95. The Bertz CT molecular complexity index is 702. The van der Waals surface area contributed by atoms with Gasteiger partial charge in [0, 0.05) is 16.5 Å². The van der Waals surface area contributed by atoms with Crippen LogP contribution in [0.15, 0.2) is 48.5 Å². The Labute approximate surface area is 130 Å². The standard InChI is InChI=1S/C19H21NO2/c1-18(21)14-6-2-4-8-16(14)22-17-9-5-3-7-15(17)19(18)10-12-20-13-11-19/h2-9,20-21H,10-13H2,1H3. The van der Waals surface area contributed by atoms with Crippen molar-refractivity contribution in [1.82, 2.24) is 5.32 Å². The Balaban J connectivity index is 2.03. The summed E-state index contributed by atoms with van der Waals surface area (Å²) in [6.07, 6.45) is 1.80. The van der Waals surface area contributed by atoms with E-state index in [1.54, 1.807) is 0 Å². The highest BCUT2D eigenvalue weighted by Crippen LogP contribution is 2.55. The Morgan fingerprint density at radius 3 is 2.14 bits per heavy atom. The van der Waals surface area contributed by atoms with Crippen LogP contribution in [0.25, 0.3) is 0 Å². The first kappa shape index (κ1) is 13.8. The molecule has 0 saturated carbocycles. The number of para-hydroxylation sites is 2. The van der Waals surface area contributed by atoms with Crippen LogP contribution in [0, 0.1) is 0 Å². The second-order valence-corrected chi connectivity index (χ2v) is 6.50. The van der Waals surface area contributed by atoms with Crippen LogP contribution in [-0.4, -0.2) is 18.2 Å². The van der Waals surface area contributed by atoms with E-state index in [1.807, 2.05) is 49.4 Å². The van der Waals surface area contributed by atoms with Crippen LogP contribution >= 0.6 is 0 Å². The summed E-state index contributed by atoms with van der Waals surface area (Å²) in [6, 6.07) is 16.0. The van der Waals surface area contributed by atoms with Crippen LogP contribution < -0.4 is 10.1 Å². The van der Waals surface area contributed by atoms with Crippen LogP contribution in [-0.2, 0) is 11.0 Å². The molecule has 3 nitrogen and oxygen atoms in total. The van der Waals surface area contributed by atoms with Gasteiger partial charge in [0.25, 0.3) is 0 Å². The zero-order valence-corrected chi connectivity index (χ0v) is 12.8. The van der Waals surface area contributed by atoms with Crippen molar-refractivity contribution in [1.29, 1.82) is 0 Å². The van der Waals surface area contributed by atoms with Gasteiger partial charge in [-0.05, 0) is 45.0 Å². The molecule has 2 aromatic rings. The average Bonchev–Trinajstić information content (AvgIpc) is 2.62. The van der Waals surface area contributed by atoms with Crippen molar-refractivity contribution in [3.8, 4) is 11.5 Å². The molecule has 114 valence electrons. The fraction of sp³-hybridized carbons (Fsp3) is 0.368. The zero-order chi connectivity index (χ0) is 15.2. The molecule has 22 heavy (non-hydrogen) atoms. The molecule has 2 aliphatic rings. The summed E-state index contributed by atoms with van der Waals surface area (Å²) in [5.41, 5.74) is 0.727. The lowest BCUT2D eigenvalue weighted by Crippen LogP contribution is -2.52. The van der Waals surface area contributed by atoms with E-state index < -0.39 is 5.60 Å². The molecule has 0 aliphatic carbocycles. The Hall–Kier alpha value is -1.84. The second-order valence-electron chi connectivity index (χ2n) is 6.50. The van der Waals surface area contributed by atoms with Gasteiger partial charge in [-0.3, -0.25) is 0 Å². The number of fused-ring (bicyclic) bond motifs is 3. The number of aliphatic hydroxyl groups is 1. The van der Waals surface area contributed by atoms with Crippen molar-refractivity contribution < 1.29 is 9.84 Å². The third kappa shape index (κ3) is 1.76. The molecule has 0 radical (unpaired) electrons. The summed E-state index contributed by atoms with van der Waals surface area (Å²) < 4.78 is 6.19. The van der Waals surface area contributed by atoms with Crippen molar-refractivity contribution in [2.75, 3.05) is 13.1 Å². The molecule has 3 heteroatoms. The van der Waals surface area contributed by atoms with Crippen LogP contribution in [0.1, 0.15) is 30.9 Å². The third-order valence-corrected chi connectivity index (χ3v) is 5.42. The molecule has 0 aromatic heterocycles. The van der Waals surface area contributed by atoms with E-state index in [4.69, 9.17) is 4.74 Å². The van der Waals surface area contributed by atoms with Gasteiger partial charge in [-0.2, -0.15) is 0 Å². The quantitative estimate of drug-likeness (QED) is 0.783. The normalized spacial score (nSPS) is 25.7. The van der Waals surface area contributed by atoms with E-state index in [-0.39, 0.29) is 5.41 Å². The first-order valence-electron chi connectivity index (χ1n) is 7.95. The SMILES string of the molecule is CC1(O)c2ccccc2Oc2ccccc2C12CCNCC2. The third-order valence-electron chi connectivity index (χ3n) is 5.42. The van der Waals surface area contributed by atoms with Crippen LogP contribution in [0.4, 0.5) is 0 Å². The molecule has 2 aliphatic heterocycles. The lowest BCUT2D eigenvalue weighted by atomic mass is 9.60. The van der Waals surface area contributed by atoms with Gasteiger partial charge in [0.2, 0.25) is 0 Å². The summed E-state index contributed by atoms with van der Waals surface area (Å²) in [7, 11) is 0. The molecule has 1 fully saturated rings. The molecule has 1 atom stereocenters. The van der Waals surface area contributed by atoms with Gasteiger partial charge in [0.1, 0.15) is 17.1 Å². The summed E-state index contributed by atoms with van der Waals surface area (Å²) >= 11 is 0. The predicted octanol–water partition coefficient (Wildman–Crippen LogP) is 3.32. The predicted molar refractivity (Wildman–Crippen MR) is 86.3 cm³/mol. The molecule has 2 aromatic carbocycles. The van der Waals surface area contributed by atoms with Crippen LogP contribution in [0.5, 0.6) is 11.5 Å². The maximum absolute atomic E-state index is 11.6. The summed E-state index contributed by atoms with van der Waals surface area (Å²) in [5, 5.41) is 15.0. The number of benzene rings is 2. The van der Waals surface area contributed by atoms with Gasteiger partial charge in [-0.15, -0.1) is 0 Å². The largest absolute Gasteiger partial charge is 0.457 e. The zero-order valence-electron chi connectivity index (χ0n) is 12.8. The molecular formula is C19H21NO2. The van der Waals surface area contributed by atoms with Crippen molar-refractivity contribution in [3.05, 3.63) is 59.7 Å². The average molecular weight is 295 g/mol. The smallest absolute Gasteiger partial charge is 0.133 e. The van der Waals surface area contributed by atoms with Crippen LogP contribution in [0.3, 0.4) is 0 Å². The topological polar surface area (TPSA) is 41.5 Å². The number of hydrogen-bond acceptors (Lipinski definition) is 3. The van der Waals surface area contributed by atoms with Gasteiger partial charge in [-0.1, -0.05) is 36.4 Å². The monoisotopic (exact) mass is 295 g/mol. The van der Waals surface area contributed by atoms with Gasteiger partial charge in [0.15, 0.2) is 0 Å². The van der Waals surface area contributed by atoms with Crippen molar-refractivity contribution in [3.63, 3.8) is 0 Å². The molecule has 1 spiro atoms. The van der Waals surface area contributed by atoms with E-state index in [0.717, 1.165) is 48.6 Å². The van der Waals surface area contributed by atoms with Gasteiger partial charge < -0.3 is 15.2 Å². The molecule has 1 unspecified atom stereocenters. The Kier molecular flexibility index (Phi) is 3.03. The van der Waals surface area contributed by atoms with E-state index in [2.05, 4.69) is 11.4 Å². The minimum atomic E-state index is -0.960. The number of nitrogens with one attached hydrogen (secondary N) is 1. The van der Waals surface area contributed by atoms with E-state index in [9.17, 15) is 5.11 Å². The number of piperidine rings is 1. The second kappa shape index (κ2) is 4.83. The Morgan fingerprint density at radius 1 is 0.909 bits per heavy atom. The summed E-state index contributed by atoms with van der Waals surface area (Å²) in [5.74, 6) is 1.63. The fourth-order valence-electron chi connectivity index (χ4n) is 4.16. The van der Waals surface area contributed by atoms with Crippen molar-refractivity contribution in [2.45, 2.75) is 30.8 Å². The summed E-state index contributed by atoms with van der Waals surface area (Å²) in [4.78, 5) is 0. The van der Waals surface area contributed by atoms with Crippen molar-refractivity contribution >= 4 is 0 Å². The van der Waals surface area contributed by atoms with Gasteiger partial charge in [-0.25, -0.2) is 0 Å². The fourth-order valence-corrected chi connectivity index (χ4v) is 4.16. The molecule has 2 heterocycles. The maximum atomic E-state index is 11.6. The molecule has 0 bridgehead atoms. The minimum absolute atomic E-state index is 0.318. The number of ether oxygens (including phenoxy) is 1. The lowest BCUT2D eigenvalue weighted by molar-refractivity contribution is -0.0437. The number of hydrogen-bond donors (Lipinski definition) is 2. The minimum Gasteiger partial charge on any atom is -0.457 e. The highest BCUT2D eigenvalue weighted by molar-refractivity contribution is 5.53. The number of rotatable bonds is 0. The molecule has 2 N–H and O–H groups in total. The van der Waals surface area contributed by atoms with E-state index >= 15 is 0 Å². The van der Waals surface area contributed by atoms with Gasteiger partial charge >= 0.3 is 0 Å². The Morgan fingerprint density at radius 2 is 1.45 bits per heavy atom. The van der Waals surface area contributed by atoms with E-state index in [0.29, 0.717) is 0 Å². The molecule has 4 rings (SSSR count).